The van der Waals surface area contributed by atoms with Crippen molar-refractivity contribution in [2.75, 3.05) is 11.4 Å². The fraction of sp³-hybridized carbons (Fsp3) is 0.222. The molecule has 0 N–H and O–H groups in total. The molecule has 0 unspecified atom stereocenters. The van der Waals surface area contributed by atoms with Crippen LogP contribution >= 0.6 is 11.8 Å². The molecular formula is C18H18N2OS. The average Bonchev–Trinajstić information content (AvgIpc) is 2.72. The van der Waals surface area contributed by atoms with Gasteiger partial charge in [0.05, 0.1) is 11.4 Å². The van der Waals surface area contributed by atoms with E-state index in [9.17, 15) is 4.79 Å². The number of rotatable bonds is 2. The molecule has 4 heteroatoms. The van der Waals surface area contributed by atoms with E-state index in [-0.39, 0.29) is 5.91 Å². The second-order valence-corrected chi connectivity index (χ2v) is 6.74. The Morgan fingerprint density at radius 2 is 2.09 bits per heavy atom. The first kappa shape index (κ1) is 14.9. The predicted molar refractivity (Wildman–Crippen MR) is 92.0 cm³/mol. The van der Waals surface area contributed by atoms with Crippen LogP contribution in [0.4, 0.5) is 5.69 Å². The number of anilines is 1. The van der Waals surface area contributed by atoms with Crippen LogP contribution in [0.2, 0.25) is 0 Å². The van der Waals surface area contributed by atoms with E-state index in [1.807, 2.05) is 53.1 Å². The maximum atomic E-state index is 12.6. The molecule has 3 rings (SSSR count). The molecule has 0 radical (unpaired) electrons. The summed E-state index contributed by atoms with van der Waals surface area (Å²) < 4.78 is 0. The first-order valence-electron chi connectivity index (χ1n) is 7.40. The molecule has 2 heterocycles. The topological polar surface area (TPSA) is 33.2 Å². The van der Waals surface area contributed by atoms with Gasteiger partial charge in [-0.15, -0.1) is 11.8 Å². The summed E-state index contributed by atoms with van der Waals surface area (Å²) in [6.45, 7) is 2.95. The first-order chi connectivity index (χ1) is 10.7. The smallest absolute Gasteiger partial charge is 0.251 e. The van der Waals surface area contributed by atoms with Crippen LogP contribution in [0.3, 0.4) is 0 Å². The molecular weight excluding hydrogens is 292 g/mol. The fourth-order valence-electron chi connectivity index (χ4n) is 2.44. The number of para-hydroxylation sites is 1. The molecule has 22 heavy (non-hydrogen) atoms. The number of amides is 1. The lowest BCUT2D eigenvalue weighted by Gasteiger charge is -2.20. The van der Waals surface area contributed by atoms with Crippen molar-refractivity contribution >= 4 is 29.4 Å². The zero-order valence-corrected chi connectivity index (χ0v) is 13.3. The van der Waals surface area contributed by atoms with Gasteiger partial charge in [0.2, 0.25) is 0 Å². The van der Waals surface area contributed by atoms with Gasteiger partial charge in [-0.25, -0.2) is 0 Å². The Morgan fingerprint density at radius 1 is 1.27 bits per heavy atom. The minimum atomic E-state index is 0.00723. The van der Waals surface area contributed by atoms with Gasteiger partial charge >= 0.3 is 0 Å². The van der Waals surface area contributed by atoms with Crippen LogP contribution in [0, 0.1) is 0 Å². The maximum absolute atomic E-state index is 12.6. The monoisotopic (exact) mass is 310 g/mol. The van der Waals surface area contributed by atoms with Crippen LogP contribution in [-0.2, 0) is 4.79 Å². The highest BCUT2D eigenvalue weighted by Crippen LogP contribution is 2.37. The summed E-state index contributed by atoms with van der Waals surface area (Å²) in [6, 6.07) is 13.8. The molecule has 0 bridgehead atoms. The summed E-state index contributed by atoms with van der Waals surface area (Å²) in [4.78, 5) is 19.8. The van der Waals surface area contributed by atoms with Gasteiger partial charge in [-0.05, 0) is 36.8 Å². The van der Waals surface area contributed by atoms with E-state index in [2.05, 4.69) is 18.0 Å². The number of carbonyl (C=O) groups is 1. The van der Waals surface area contributed by atoms with Crippen LogP contribution in [0.15, 0.2) is 59.6 Å². The molecule has 1 aromatic heterocycles. The minimum absolute atomic E-state index is 0.00723. The number of aromatic nitrogens is 1. The highest BCUT2D eigenvalue weighted by atomic mass is 32.2. The molecule has 112 valence electrons. The molecule has 0 saturated carbocycles. The number of fused-ring (bicyclic) bond motifs is 1. The third-order valence-electron chi connectivity index (χ3n) is 3.59. The number of pyridine rings is 1. The molecule has 1 aromatic carbocycles. The fourth-order valence-corrected chi connectivity index (χ4v) is 3.55. The van der Waals surface area contributed by atoms with Crippen molar-refractivity contribution in [3.05, 3.63) is 60.4 Å². The Bertz CT molecular complexity index is 684. The van der Waals surface area contributed by atoms with Gasteiger partial charge in [0.15, 0.2) is 0 Å². The number of hydrogen-bond donors (Lipinski definition) is 0. The van der Waals surface area contributed by atoms with E-state index < -0.39 is 0 Å². The van der Waals surface area contributed by atoms with Gasteiger partial charge in [0.25, 0.3) is 5.91 Å². The summed E-state index contributed by atoms with van der Waals surface area (Å²) in [5.74, 6) is 0.00723. The maximum Gasteiger partial charge on any atom is 0.251 e. The van der Waals surface area contributed by atoms with Crippen molar-refractivity contribution in [2.45, 2.75) is 23.5 Å². The molecule has 3 nitrogen and oxygen atoms in total. The van der Waals surface area contributed by atoms with Crippen LogP contribution < -0.4 is 4.90 Å². The van der Waals surface area contributed by atoms with E-state index in [1.54, 1.807) is 18.3 Å². The van der Waals surface area contributed by atoms with Gasteiger partial charge in [0, 0.05) is 29.0 Å². The van der Waals surface area contributed by atoms with Crippen molar-refractivity contribution in [2.24, 2.45) is 0 Å². The lowest BCUT2D eigenvalue weighted by Crippen LogP contribution is -2.30. The van der Waals surface area contributed by atoms with Crippen molar-refractivity contribution in [1.29, 1.82) is 0 Å². The van der Waals surface area contributed by atoms with Gasteiger partial charge in [-0.1, -0.05) is 25.1 Å². The Labute approximate surface area is 135 Å². The third kappa shape index (κ3) is 3.39. The summed E-state index contributed by atoms with van der Waals surface area (Å²) in [5, 5.41) is 0.513. The Hall–Kier alpha value is -2.07. The quantitative estimate of drug-likeness (QED) is 0.786. The van der Waals surface area contributed by atoms with E-state index >= 15 is 0 Å². The van der Waals surface area contributed by atoms with Gasteiger partial charge in [-0.2, -0.15) is 0 Å². The van der Waals surface area contributed by atoms with Crippen LogP contribution in [0.1, 0.15) is 19.0 Å². The highest BCUT2D eigenvalue weighted by molar-refractivity contribution is 8.00. The molecule has 0 saturated heterocycles. The molecule has 2 aromatic rings. The molecule has 1 aliphatic heterocycles. The lowest BCUT2D eigenvalue weighted by molar-refractivity contribution is -0.114. The Morgan fingerprint density at radius 3 is 2.91 bits per heavy atom. The predicted octanol–water partition coefficient (Wildman–Crippen LogP) is 4.01. The lowest BCUT2D eigenvalue weighted by atomic mass is 10.2. The van der Waals surface area contributed by atoms with E-state index in [0.29, 0.717) is 5.25 Å². The van der Waals surface area contributed by atoms with Crippen molar-refractivity contribution in [1.82, 2.24) is 4.98 Å². The largest absolute Gasteiger partial charge is 0.308 e. The number of benzene rings is 1. The summed E-state index contributed by atoms with van der Waals surface area (Å²) in [5.41, 5.74) is 1.80. The second-order valence-electron chi connectivity index (χ2n) is 5.26. The van der Waals surface area contributed by atoms with Gasteiger partial charge in [0.1, 0.15) is 0 Å². The summed E-state index contributed by atoms with van der Waals surface area (Å²) >= 11 is 1.84. The van der Waals surface area contributed by atoms with E-state index in [0.717, 1.165) is 24.3 Å². The molecule has 1 aliphatic rings. The third-order valence-corrected chi connectivity index (χ3v) is 4.83. The molecule has 1 amide bonds. The summed E-state index contributed by atoms with van der Waals surface area (Å²) in [6.07, 6.45) is 6.10. The standard InChI is InChI=1S/C18H18N2OS/c1-14-11-13-20(16-7-2-3-8-17(16)22-14)18(21)10-9-15-6-4-5-12-19-15/h2-10,12,14H,11,13H2,1H3/b10-9-/t14-/m1/s1. The zero-order chi connectivity index (χ0) is 15.4. The summed E-state index contributed by atoms with van der Waals surface area (Å²) in [7, 11) is 0. The van der Waals surface area contributed by atoms with Gasteiger partial charge in [-0.3, -0.25) is 9.78 Å². The molecule has 0 spiro atoms. The molecule has 0 fully saturated rings. The SMILES string of the molecule is C[C@@H]1CCN(C(=O)/C=C\c2ccccn2)c2ccccc2S1. The van der Waals surface area contributed by atoms with Crippen molar-refractivity contribution in [3.63, 3.8) is 0 Å². The molecule has 1 atom stereocenters. The van der Waals surface area contributed by atoms with Crippen LogP contribution in [0.5, 0.6) is 0 Å². The minimum Gasteiger partial charge on any atom is -0.308 e. The van der Waals surface area contributed by atoms with Crippen molar-refractivity contribution < 1.29 is 4.79 Å². The van der Waals surface area contributed by atoms with Gasteiger partial charge < -0.3 is 4.90 Å². The first-order valence-corrected chi connectivity index (χ1v) is 8.28. The zero-order valence-electron chi connectivity index (χ0n) is 12.5. The Balaban J connectivity index is 1.84. The molecule has 0 aliphatic carbocycles. The van der Waals surface area contributed by atoms with E-state index in [4.69, 9.17) is 0 Å². The van der Waals surface area contributed by atoms with E-state index in [1.165, 1.54) is 4.90 Å². The average molecular weight is 310 g/mol. The number of nitrogens with zero attached hydrogens (tertiary/aromatic N) is 2. The highest BCUT2D eigenvalue weighted by Gasteiger charge is 2.22. The normalized spacial score (nSPS) is 18.0. The number of hydrogen-bond acceptors (Lipinski definition) is 3. The number of thioether (sulfide) groups is 1. The number of carbonyl (C=O) groups excluding carboxylic acids is 1. The Kier molecular flexibility index (Phi) is 4.59. The second kappa shape index (κ2) is 6.79. The van der Waals surface area contributed by atoms with Crippen molar-refractivity contribution in [3.8, 4) is 0 Å². The van der Waals surface area contributed by atoms with Crippen LogP contribution in [0.25, 0.3) is 6.08 Å². The van der Waals surface area contributed by atoms with Crippen LogP contribution in [-0.4, -0.2) is 22.7 Å².